The van der Waals surface area contributed by atoms with Crippen molar-refractivity contribution >= 4 is 23.0 Å². The Kier molecular flexibility index (Phi) is 3.76. The minimum absolute atomic E-state index is 0.101. The summed E-state index contributed by atoms with van der Waals surface area (Å²) in [6, 6.07) is 4.86. The lowest BCUT2D eigenvalue weighted by Crippen LogP contribution is -2.39. The maximum Gasteiger partial charge on any atom is 0.294 e. The van der Waals surface area contributed by atoms with Crippen LogP contribution in [0.3, 0.4) is 0 Å². The monoisotopic (exact) mass is 268 g/mol. The largest absolute Gasteiger partial charge is 0.364 e. The van der Waals surface area contributed by atoms with Gasteiger partial charge in [0.15, 0.2) is 0 Å². The van der Waals surface area contributed by atoms with E-state index in [1.54, 1.807) is 12.1 Å². The van der Waals surface area contributed by atoms with Crippen molar-refractivity contribution in [1.29, 1.82) is 0 Å². The Morgan fingerprint density at radius 3 is 2.50 bits per heavy atom. The molecule has 0 unspecified atom stereocenters. The smallest absolute Gasteiger partial charge is 0.294 e. The van der Waals surface area contributed by atoms with Gasteiger partial charge < -0.3 is 4.90 Å². The van der Waals surface area contributed by atoms with E-state index in [1.807, 2.05) is 0 Å². The molecule has 0 amide bonds. The molecule has 0 bridgehead atoms. The van der Waals surface area contributed by atoms with Crippen LogP contribution in [0.2, 0.25) is 5.02 Å². The molecule has 0 aliphatic carbocycles. The lowest BCUT2D eigenvalue weighted by Gasteiger charge is -2.36. The number of nitrogens with zero attached hydrogens (tertiary/aromatic N) is 2. The summed E-state index contributed by atoms with van der Waals surface area (Å²) in [5, 5.41) is 11.6. The second-order valence-electron chi connectivity index (χ2n) is 5.22. The number of anilines is 1. The summed E-state index contributed by atoms with van der Waals surface area (Å²) >= 11 is 6.16. The van der Waals surface area contributed by atoms with Crippen molar-refractivity contribution < 1.29 is 4.92 Å². The molecule has 1 saturated heterocycles. The third-order valence-corrected chi connectivity index (χ3v) is 3.65. The fourth-order valence-electron chi connectivity index (χ4n) is 2.81. The van der Waals surface area contributed by atoms with Crippen LogP contribution in [0, 0.1) is 22.0 Å². The Balaban J connectivity index is 2.40. The van der Waals surface area contributed by atoms with Crippen LogP contribution in [0.15, 0.2) is 18.2 Å². The van der Waals surface area contributed by atoms with E-state index in [0.29, 0.717) is 22.5 Å². The third-order valence-electron chi connectivity index (χ3n) is 3.35. The van der Waals surface area contributed by atoms with E-state index in [-0.39, 0.29) is 10.6 Å². The maximum absolute atomic E-state index is 11.1. The van der Waals surface area contributed by atoms with Crippen LogP contribution in [-0.4, -0.2) is 18.0 Å². The van der Waals surface area contributed by atoms with Gasteiger partial charge in [-0.1, -0.05) is 31.5 Å². The molecule has 1 aliphatic heterocycles. The maximum atomic E-state index is 11.1. The lowest BCUT2D eigenvalue weighted by molar-refractivity contribution is -0.384. The van der Waals surface area contributed by atoms with Crippen molar-refractivity contribution in [2.24, 2.45) is 11.8 Å². The van der Waals surface area contributed by atoms with E-state index in [4.69, 9.17) is 11.6 Å². The normalized spacial score (nSPS) is 24.1. The summed E-state index contributed by atoms with van der Waals surface area (Å²) in [5.41, 5.74) is 0.673. The van der Waals surface area contributed by atoms with E-state index >= 15 is 0 Å². The minimum atomic E-state index is -0.356. The first-order chi connectivity index (χ1) is 8.49. The number of rotatable bonds is 2. The summed E-state index contributed by atoms with van der Waals surface area (Å²) in [5.74, 6) is 1.06. The molecule has 1 aliphatic rings. The quantitative estimate of drug-likeness (QED) is 0.606. The molecule has 2 rings (SSSR count). The molecule has 4 nitrogen and oxygen atoms in total. The SMILES string of the molecule is C[C@H]1C[C@H](C)CN(c2c(Cl)cccc2[N+](=O)[O-])C1. The molecule has 1 heterocycles. The van der Waals surface area contributed by atoms with Gasteiger partial charge in [-0.3, -0.25) is 10.1 Å². The van der Waals surface area contributed by atoms with E-state index in [9.17, 15) is 10.1 Å². The van der Waals surface area contributed by atoms with Gasteiger partial charge in [0.2, 0.25) is 0 Å². The van der Waals surface area contributed by atoms with Crippen molar-refractivity contribution in [1.82, 2.24) is 0 Å². The van der Waals surface area contributed by atoms with Gasteiger partial charge in [0.25, 0.3) is 5.69 Å². The van der Waals surface area contributed by atoms with Crippen LogP contribution in [0.5, 0.6) is 0 Å². The van der Waals surface area contributed by atoms with Gasteiger partial charge in [-0.2, -0.15) is 0 Å². The number of para-hydroxylation sites is 1. The van der Waals surface area contributed by atoms with Gasteiger partial charge >= 0.3 is 0 Å². The average molecular weight is 269 g/mol. The molecule has 0 N–H and O–H groups in total. The van der Waals surface area contributed by atoms with Crippen molar-refractivity contribution in [3.8, 4) is 0 Å². The zero-order valence-electron chi connectivity index (χ0n) is 10.6. The number of nitro groups is 1. The number of benzene rings is 1. The first-order valence-electron chi connectivity index (χ1n) is 6.17. The van der Waals surface area contributed by atoms with Gasteiger partial charge in [-0.25, -0.2) is 0 Å². The Hall–Kier alpha value is -1.29. The molecule has 1 aromatic carbocycles. The topological polar surface area (TPSA) is 46.4 Å². The highest BCUT2D eigenvalue weighted by Gasteiger charge is 2.28. The van der Waals surface area contributed by atoms with Crippen LogP contribution in [0.25, 0.3) is 0 Å². The van der Waals surface area contributed by atoms with Crippen LogP contribution in [-0.2, 0) is 0 Å². The van der Waals surface area contributed by atoms with Gasteiger partial charge in [0.1, 0.15) is 5.69 Å². The molecule has 5 heteroatoms. The summed E-state index contributed by atoms with van der Waals surface area (Å²) < 4.78 is 0. The lowest BCUT2D eigenvalue weighted by atomic mass is 9.91. The van der Waals surface area contributed by atoms with Crippen molar-refractivity contribution in [3.05, 3.63) is 33.3 Å². The highest BCUT2D eigenvalue weighted by Crippen LogP contribution is 2.38. The Labute approximate surface area is 112 Å². The second kappa shape index (κ2) is 5.14. The summed E-state index contributed by atoms with van der Waals surface area (Å²) in [7, 11) is 0. The summed E-state index contributed by atoms with van der Waals surface area (Å²) in [6.45, 7) is 6.00. The fraction of sp³-hybridized carbons (Fsp3) is 0.538. The van der Waals surface area contributed by atoms with E-state index in [0.717, 1.165) is 19.5 Å². The number of hydrogen-bond donors (Lipinski definition) is 0. The molecular weight excluding hydrogens is 252 g/mol. The molecule has 1 aromatic rings. The third kappa shape index (κ3) is 2.58. The molecule has 98 valence electrons. The molecule has 0 radical (unpaired) electrons. The Bertz CT molecular complexity index is 454. The van der Waals surface area contributed by atoms with Crippen LogP contribution in [0.1, 0.15) is 20.3 Å². The van der Waals surface area contributed by atoms with Gasteiger partial charge in [-0.15, -0.1) is 0 Å². The number of nitro benzene ring substituents is 1. The van der Waals surface area contributed by atoms with Crippen LogP contribution in [0.4, 0.5) is 11.4 Å². The van der Waals surface area contributed by atoms with Crippen LogP contribution >= 0.6 is 11.6 Å². The molecule has 0 spiro atoms. The Morgan fingerprint density at radius 2 is 1.94 bits per heavy atom. The zero-order chi connectivity index (χ0) is 13.3. The predicted octanol–water partition coefficient (Wildman–Crippen LogP) is 3.73. The highest BCUT2D eigenvalue weighted by atomic mass is 35.5. The molecule has 0 aromatic heterocycles. The molecule has 1 fully saturated rings. The van der Waals surface area contributed by atoms with Crippen LogP contribution < -0.4 is 4.90 Å². The predicted molar refractivity (Wildman–Crippen MR) is 73.3 cm³/mol. The van der Waals surface area contributed by atoms with Crippen molar-refractivity contribution in [2.45, 2.75) is 20.3 Å². The van der Waals surface area contributed by atoms with E-state index in [2.05, 4.69) is 18.7 Å². The van der Waals surface area contributed by atoms with E-state index < -0.39 is 0 Å². The summed E-state index contributed by atoms with van der Waals surface area (Å²) in [6.07, 6.45) is 1.16. The number of halogens is 1. The van der Waals surface area contributed by atoms with Crippen molar-refractivity contribution in [3.63, 3.8) is 0 Å². The highest BCUT2D eigenvalue weighted by molar-refractivity contribution is 6.33. The first-order valence-corrected chi connectivity index (χ1v) is 6.54. The van der Waals surface area contributed by atoms with Gasteiger partial charge in [-0.05, 0) is 24.3 Å². The number of piperidine rings is 1. The van der Waals surface area contributed by atoms with Gasteiger partial charge in [0.05, 0.1) is 9.95 Å². The fourth-order valence-corrected chi connectivity index (χ4v) is 3.10. The molecule has 18 heavy (non-hydrogen) atoms. The summed E-state index contributed by atoms with van der Waals surface area (Å²) in [4.78, 5) is 12.8. The first kappa shape index (κ1) is 13.1. The zero-order valence-corrected chi connectivity index (χ0v) is 11.4. The van der Waals surface area contributed by atoms with Crippen molar-refractivity contribution in [2.75, 3.05) is 18.0 Å². The van der Waals surface area contributed by atoms with Gasteiger partial charge in [0, 0.05) is 19.2 Å². The molecule has 0 saturated carbocycles. The number of hydrogen-bond acceptors (Lipinski definition) is 3. The molecular formula is C13H17ClN2O2. The Morgan fingerprint density at radius 1 is 1.33 bits per heavy atom. The second-order valence-corrected chi connectivity index (χ2v) is 5.62. The van der Waals surface area contributed by atoms with E-state index in [1.165, 1.54) is 6.07 Å². The minimum Gasteiger partial charge on any atom is -0.364 e. The average Bonchev–Trinajstić information content (AvgIpc) is 2.26. The molecule has 2 atom stereocenters. The standard InChI is InChI=1S/C13H17ClN2O2/c1-9-6-10(2)8-15(7-9)13-11(14)4-3-5-12(13)16(17)18/h3-5,9-10H,6-8H2,1-2H3/t9-,10-/m0/s1.